The second kappa shape index (κ2) is 17.3. The van der Waals surface area contributed by atoms with Crippen molar-refractivity contribution in [2.24, 2.45) is 0 Å². The van der Waals surface area contributed by atoms with Gasteiger partial charge in [-0.25, -0.2) is 15.0 Å². The number of carbonyl (C=O) groups excluding carboxylic acids is 1. The summed E-state index contributed by atoms with van der Waals surface area (Å²) in [6, 6.07) is 41.1. The number of aliphatic hydroxyl groups is 2. The number of carbonyl (C=O) groups is 1. The van der Waals surface area contributed by atoms with Gasteiger partial charge in [-0.3, -0.25) is 9.36 Å². The summed E-state index contributed by atoms with van der Waals surface area (Å²) in [6.45, 7) is 0.0421. The molecule has 0 saturated carbocycles. The molecule has 10 nitrogen and oxygen atoms in total. The SMILES string of the molecule is O=C(Nc1ncnc2c1ncn2[C@@H]1O[C@H](CO)[C@@H](O)[C@H]1OCCCCCCSC(c1ccccc1)(c1ccccc1)c1ccccc1)c1ccccc1. The van der Waals surface area contributed by atoms with Gasteiger partial charge in [0, 0.05) is 12.2 Å². The summed E-state index contributed by atoms with van der Waals surface area (Å²) >= 11 is 1.97. The number of imidazole rings is 1. The summed E-state index contributed by atoms with van der Waals surface area (Å²) < 4.78 is 13.7. The summed E-state index contributed by atoms with van der Waals surface area (Å²) in [5.41, 5.74) is 5.04. The standard InChI is InChI=1S/C42H43N5O5S/c48-27-34-36(49)37(41(52-34)47-29-45-35-38(43-28-44-39(35)47)46-40(50)30-17-7-3-8-18-30)51-25-15-1-2-16-26-53-42(31-19-9-4-10-20-31,32-21-11-5-12-22-32)33-23-13-6-14-24-33/h3-14,17-24,28-29,34,36-37,41,48-49H,1-2,15-16,25-27H2,(H,43,44,46,50)/t34-,36-,37-,41-/m1/s1. The van der Waals surface area contributed by atoms with E-state index in [1.807, 2.05) is 17.8 Å². The number of hydrogen-bond donors (Lipinski definition) is 3. The van der Waals surface area contributed by atoms with Gasteiger partial charge in [0.25, 0.3) is 5.91 Å². The van der Waals surface area contributed by atoms with E-state index in [2.05, 4.69) is 111 Å². The van der Waals surface area contributed by atoms with Crippen molar-refractivity contribution in [2.45, 2.75) is 55.0 Å². The Kier molecular flexibility index (Phi) is 11.9. The van der Waals surface area contributed by atoms with Crippen molar-refractivity contribution in [3.8, 4) is 0 Å². The molecule has 3 heterocycles. The van der Waals surface area contributed by atoms with E-state index in [9.17, 15) is 15.0 Å². The van der Waals surface area contributed by atoms with Crippen LogP contribution in [0, 0.1) is 0 Å². The van der Waals surface area contributed by atoms with Crippen molar-refractivity contribution in [3.63, 3.8) is 0 Å². The molecule has 0 unspecified atom stereocenters. The lowest BCUT2D eigenvalue weighted by Gasteiger charge is -2.35. The number of nitrogens with zero attached hydrogens (tertiary/aromatic N) is 4. The highest BCUT2D eigenvalue weighted by Gasteiger charge is 2.46. The number of aromatic nitrogens is 4. The predicted octanol–water partition coefficient (Wildman–Crippen LogP) is 7.00. The van der Waals surface area contributed by atoms with Gasteiger partial charge in [0.15, 0.2) is 23.2 Å². The lowest BCUT2D eigenvalue weighted by atomic mass is 9.84. The molecular weight excluding hydrogens is 687 g/mol. The molecule has 1 aliphatic heterocycles. The third-order valence-electron chi connectivity index (χ3n) is 9.60. The summed E-state index contributed by atoms with van der Waals surface area (Å²) in [4.78, 5) is 26.0. The smallest absolute Gasteiger partial charge is 0.256 e. The van der Waals surface area contributed by atoms with E-state index in [1.54, 1.807) is 28.8 Å². The van der Waals surface area contributed by atoms with Crippen LogP contribution in [0.15, 0.2) is 134 Å². The molecule has 1 amide bonds. The molecule has 4 atom stereocenters. The maximum atomic E-state index is 12.8. The number of aliphatic hydroxyl groups excluding tert-OH is 2. The lowest BCUT2D eigenvalue weighted by molar-refractivity contribution is -0.0711. The van der Waals surface area contributed by atoms with Gasteiger partial charge < -0.3 is 25.0 Å². The van der Waals surface area contributed by atoms with E-state index < -0.39 is 24.5 Å². The number of anilines is 1. The van der Waals surface area contributed by atoms with Gasteiger partial charge in [-0.05, 0) is 47.4 Å². The van der Waals surface area contributed by atoms with Crippen LogP contribution in [-0.2, 0) is 14.2 Å². The molecule has 0 spiro atoms. The average Bonchev–Trinajstić information content (AvgIpc) is 3.79. The average molecular weight is 730 g/mol. The largest absolute Gasteiger partial charge is 0.394 e. The highest BCUT2D eigenvalue weighted by molar-refractivity contribution is 8.00. The summed E-state index contributed by atoms with van der Waals surface area (Å²) in [5.74, 6) is 0.901. The second-order valence-corrected chi connectivity index (χ2v) is 14.3. The minimum Gasteiger partial charge on any atom is -0.394 e. The molecule has 4 aromatic carbocycles. The maximum absolute atomic E-state index is 12.8. The predicted molar refractivity (Wildman–Crippen MR) is 207 cm³/mol. The molecule has 2 aromatic heterocycles. The van der Waals surface area contributed by atoms with Crippen molar-refractivity contribution in [1.29, 1.82) is 0 Å². The van der Waals surface area contributed by atoms with Crippen molar-refractivity contribution in [2.75, 3.05) is 24.3 Å². The minimum atomic E-state index is -1.06. The van der Waals surface area contributed by atoms with Gasteiger partial charge in [0.05, 0.1) is 17.7 Å². The number of unbranched alkanes of at least 4 members (excludes halogenated alkanes) is 3. The van der Waals surface area contributed by atoms with Crippen LogP contribution in [0.1, 0.15) is 59.0 Å². The fourth-order valence-corrected chi connectivity index (χ4v) is 8.51. The van der Waals surface area contributed by atoms with Gasteiger partial charge >= 0.3 is 0 Å². The zero-order valence-corrected chi connectivity index (χ0v) is 30.1. The monoisotopic (exact) mass is 729 g/mol. The number of rotatable bonds is 16. The quantitative estimate of drug-likeness (QED) is 0.0712. The first kappa shape index (κ1) is 36.4. The number of fused-ring (bicyclic) bond motifs is 1. The molecule has 0 bridgehead atoms. The number of thioether (sulfide) groups is 1. The van der Waals surface area contributed by atoms with E-state index >= 15 is 0 Å². The molecular formula is C42H43N5O5S. The van der Waals surface area contributed by atoms with Crippen LogP contribution in [0.4, 0.5) is 5.82 Å². The third kappa shape index (κ3) is 7.90. The molecule has 6 aromatic rings. The fraction of sp³-hybridized carbons (Fsp3) is 0.286. The van der Waals surface area contributed by atoms with Gasteiger partial charge in [-0.1, -0.05) is 122 Å². The van der Waals surface area contributed by atoms with Crippen LogP contribution in [0.2, 0.25) is 0 Å². The molecule has 53 heavy (non-hydrogen) atoms. The molecule has 272 valence electrons. The maximum Gasteiger partial charge on any atom is 0.256 e. The Morgan fingerprint density at radius 2 is 1.38 bits per heavy atom. The minimum absolute atomic E-state index is 0.254. The zero-order chi connectivity index (χ0) is 36.5. The van der Waals surface area contributed by atoms with Crippen molar-refractivity contribution >= 4 is 34.7 Å². The molecule has 1 saturated heterocycles. The van der Waals surface area contributed by atoms with E-state index in [0.29, 0.717) is 23.3 Å². The highest BCUT2D eigenvalue weighted by Crippen LogP contribution is 2.48. The van der Waals surface area contributed by atoms with Crippen molar-refractivity contribution < 1.29 is 24.5 Å². The van der Waals surface area contributed by atoms with Crippen LogP contribution in [0.3, 0.4) is 0 Å². The number of amides is 1. The number of ether oxygens (including phenoxy) is 2. The molecule has 11 heteroatoms. The van der Waals surface area contributed by atoms with E-state index in [4.69, 9.17) is 9.47 Å². The molecule has 1 fully saturated rings. The van der Waals surface area contributed by atoms with Crippen LogP contribution >= 0.6 is 11.8 Å². The Labute approximate surface area is 313 Å². The van der Waals surface area contributed by atoms with E-state index in [1.165, 1.54) is 29.3 Å². The number of hydrogen-bond acceptors (Lipinski definition) is 9. The number of benzene rings is 4. The van der Waals surface area contributed by atoms with E-state index in [0.717, 1.165) is 31.4 Å². The van der Waals surface area contributed by atoms with Crippen molar-refractivity contribution in [1.82, 2.24) is 19.5 Å². The fourth-order valence-electron chi connectivity index (χ4n) is 6.94. The van der Waals surface area contributed by atoms with Gasteiger partial charge in [-0.15, -0.1) is 11.8 Å². The third-order valence-corrected chi connectivity index (χ3v) is 11.2. The zero-order valence-electron chi connectivity index (χ0n) is 29.3. The summed E-state index contributed by atoms with van der Waals surface area (Å²) in [6.07, 6.45) is 3.24. The first-order chi connectivity index (χ1) is 26.1. The summed E-state index contributed by atoms with van der Waals surface area (Å²) in [7, 11) is 0. The molecule has 7 rings (SSSR count). The normalized spacial score (nSPS) is 18.7. The Bertz CT molecular complexity index is 1960. The molecule has 3 N–H and O–H groups in total. The molecule has 1 aliphatic rings. The Balaban J connectivity index is 0.969. The van der Waals surface area contributed by atoms with Crippen LogP contribution < -0.4 is 5.32 Å². The van der Waals surface area contributed by atoms with Crippen molar-refractivity contribution in [3.05, 3.63) is 156 Å². The van der Waals surface area contributed by atoms with Gasteiger partial charge in [0.1, 0.15) is 24.6 Å². The Hall–Kier alpha value is -4.91. The Morgan fingerprint density at radius 3 is 1.98 bits per heavy atom. The molecule has 0 radical (unpaired) electrons. The van der Waals surface area contributed by atoms with Crippen LogP contribution in [0.25, 0.3) is 11.2 Å². The highest BCUT2D eigenvalue weighted by atomic mass is 32.2. The van der Waals surface area contributed by atoms with E-state index in [-0.39, 0.29) is 23.1 Å². The first-order valence-corrected chi connectivity index (χ1v) is 19.0. The summed E-state index contributed by atoms with van der Waals surface area (Å²) in [5, 5.41) is 23.9. The topological polar surface area (TPSA) is 132 Å². The molecule has 0 aliphatic carbocycles. The van der Waals surface area contributed by atoms with Crippen LogP contribution in [-0.4, -0.2) is 72.9 Å². The lowest BCUT2D eigenvalue weighted by Crippen LogP contribution is -2.35. The number of nitrogens with one attached hydrogen (secondary N) is 1. The van der Waals surface area contributed by atoms with Crippen LogP contribution in [0.5, 0.6) is 0 Å². The van der Waals surface area contributed by atoms with Gasteiger partial charge in [-0.2, -0.15) is 0 Å². The first-order valence-electron chi connectivity index (χ1n) is 18.0. The second-order valence-electron chi connectivity index (χ2n) is 13.0. The van der Waals surface area contributed by atoms with Gasteiger partial charge in [0.2, 0.25) is 0 Å². The Morgan fingerprint density at radius 1 is 0.792 bits per heavy atom.